The van der Waals surface area contributed by atoms with E-state index < -0.39 is 46.7 Å². The first kappa shape index (κ1) is 18.2. The van der Waals surface area contributed by atoms with Gasteiger partial charge in [-0.05, 0) is 11.6 Å². The van der Waals surface area contributed by atoms with Crippen molar-refractivity contribution in [2.75, 3.05) is 0 Å². The molecule has 1 aromatic rings. The summed E-state index contributed by atoms with van der Waals surface area (Å²) in [5.74, 6) is -4.23. The van der Waals surface area contributed by atoms with Gasteiger partial charge in [-0.15, -0.1) is 0 Å². The van der Waals surface area contributed by atoms with Crippen LogP contribution in [0.2, 0.25) is 0 Å². The average molecular weight is 377 g/mol. The van der Waals surface area contributed by atoms with Crippen LogP contribution in [0.1, 0.15) is 5.56 Å². The number of allylic oxidation sites excluding steroid dienone is 2. The van der Waals surface area contributed by atoms with Crippen LogP contribution in [0.3, 0.4) is 0 Å². The predicted octanol–water partition coefficient (Wildman–Crippen LogP) is 4.57. The number of alkyl halides is 6. The summed E-state index contributed by atoms with van der Waals surface area (Å²) in [4.78, 5) is 12.3. The van der Waals surface area contributed by atoms with Crippen LogP contribution in [-0.2, 0) is 10.2 Å². The molecule has 0 saturated carbocycles. The zero-order valence-electron chi connectivity index (χ0n) is 12.8. The summed E-state index contributed by atoms with van der Waals surface area (Å²) in [6.07, 6.45) is -7.37. The highest BCUT2D eigenvalue weighted by Gasteiger charge is 2.72. The van der Waals surface area contributed by atoms with Crippen molar-refractivity contribution in [3.05, 3.63) is 71.7 Å². The van der Waals surface area contributed by atoms with Crippen molar-refractivity contribution in [2.24, 2.45) is 0 Å². The van der Waals surface area contributed by atoms with E-state index in [1.807, 2.05) is 0 Å². The number of amides is 1. The fourth-order valence-corrected chi connectivity index (χ4v) is 3.42. The van der Waals surface area contributed by atoms with Crippen molar-refractivity contribution in [3.8, 4) is 0 Å². The van der Waals surface area contributed by atoms with Gasteiger partial charge in [0.05, 0.1) is 11.6 Å². The maximum absolute atomic E-state index is 14.4. The van der Waals surface area contributed by atoms with Crippen LogP contribution in [0.15, 0.2) is 66.2 Å². The molecule has 0 saturated heterocycles. The fourth-order valence-electron chi connectivity index (χ4n) is 3.42. The highest BCUT2D eigenvalue weighted by atomic mass is 19.4. The number of hydrogen-bond acceptors (Lipinski definition) is 1. The van der Waals surface area contributed by atoms with E-state index in [2.05, 4.69) is 0 Å². The molecule has 0 N–H and O–H groups in total. The number of halogens is 7. The van der Waals surface area contributed by atoms with Crippen molar-refractivity contribution in [1.82, 2.24) is 4.90 Å². The number of benzene rings is 1. The Morgan fingerprint density at radius 2 is 1.58 bits per heavy atom. The van der Waals surface area contributed by atoms with Gasteiger partial charge in [0.15, 0.2) is 5.83 Å². The molecule has 0 fully saturated rings. The highest BCUT2D eigenvalue weighted by molar-refractivity contribution is 5.96. The quantitative estimate of drug-likeness (QED) is 0.657. The lowest BCUT2D eigenvalue weighted by molar-refractivity contribution is -0.216. The third-order valence-electron chi connectivity index (χ3n) is 4.39. The molecule has 0 aliphatic carbocycles. The predicted molar refractivity (Wildman–Crippen MR) is 77.3 cm³/mol. The molecule has 2 nitrogen and oxygen atoms in total. The molecular formula is C17H10F7NO. The number of fused-ring (bicyclic) bond motifs is 1. The van der Waals surface area contributed by atoms with Gasteiger partial charge in [0.2, 0.25) is 0 Å². The molecule has 0 unspecified atom stereocenters. The van der Waals surface area contributed by atoms with Crippen LogP contribution in [0.25, 0.3) is 0 Å². The van der Waals surface area contributed by atoms with Crippen LogP contribution in [0, 0.1) is 0 Å². The van der Waals surface area contributed by atoms with Gasteiger partial charge in [-0.3, -0.25) is 4.79 Å². The van der Waals surface area contributed by atoms with E-state index in [9.17, 15) is 35.5 Å². The topological polar surface area (TPSA) is 20.3 Å². The Morgan fingerprint density at radius 3 is 2.12 bits per heavy atom. The van der Waals surface area contributed by atoms with Crippen LogP contribution in [0.4, 0.5) is 30.7 Å². The monoisotopic (exact) mass is 377 g/mol. The first-order chi connectivity index (χ1) is 12.0. The summed E-state index contributed by atoms with van der Waals surface area (Å²) < 4.78 is 98.0. The summed E-state index contributed by atoms with van der Waals surface area (Å²) in [5, 5.41) is 0. The zero-order chi connectivity index (χ0) is 19.3. The number of nitrogens with zero attached hydrogens (tertiary/aromatic N) is 1. The lowest BCUT2D eigenvalue weighted by Crippen LogP contribution is -2.64. The van der Waals surface area contributed by atoms with E-state index in [1.165, 1.54) is 6.07 Å². The van der Waals surface area contributed by atoms with Gasteiger partial charge in [-0.2, -0.15) is 26.3 Å². The van der Waals surface area contributed by atoms with Crippen molar-refractivity contribution >= 4 is 5.91 Å². The highest BCUT2D eigenvalue weighted by Crippen LogP contribution is 2.58. The largest absolute Gasteiger partial charge is 0.417 e. The second-order valence-electron chi connectivity index (χ2n) is 5.74. The second-order valence-corrected chi connectivity index (χ2v) is 5.74. The summed E-state index contributed by atoms with van der Waals surface area (Å²) >= 11 is 0. The second kappa shape index (κ2) is 5.72. The molecule has 0 radical (unpaired) electrons. The standard InChI is InChI=1S/C17H10F7NO/c18-12-13(16(19,20)21)15(17(22,23)24,10-6-2-1-3-7-10)11-8-4-5-9-25(11)14(12)26/h1-9,11H/t11-,15-/m1/s1. The van der Waals surface area contributed by atoms with E-state index in [4.69, 9.17) is 0 Å². The molecule has 1 aromatic carbocycles. The van der Waals surface area contributed by atoms with E-state index in [-0.39, 0.29) is 0 Å². The Kier molecular flexibility index (Phi) is 4.01. The molecule has 26 heavy (non-hydrogen) atoms. The molecule has 2 aliphatic rings. The van der Waals surface area contributed by atoms with E-state index in [0.717, 1.165) is 48.7 Å². The Bertz CT molecular complexity index is 820. The average Bonchev–Trinajstić information content (AvgIpc) is 2.56. The summed E-state index contributed by atoms with van der Waals surface area (Å²) in [6, 6.07) is 3.14. The number of carbonyl (C=O) groups is 1. The van der Waals surface area contributed by atoms with Gasteiger partial charge in [-0.25, -0.2) is 4.39 Å². The van der Waals surface area contributed by atoms with E-state index >= 15 is 0 Å². The summed E-state index contributed by atoms with van der Waals surface area (Å²) in [6.45, 7) is 0. The third-order valence-corrected chi connectivity index (χ3v) is 4.39. The molecule has 0 aromatic heterocycles. The van der Waals surface area contributed by atoms with Crippen LogP contribution < -0.4 is 0 Å². The zero-order valence-corrected chi connectivity index (χ0v) is 12.8. The van der Waals surface area contributed by atoms with E-state index in [1.54, 1.807) is 0 Å². The molecule has 2 aliphatic heterocycles. The molecule has 0 bridgehead atoms. The number of rotatable bonds is 1. The molecule has 0 spiro atoms. The number of hydrogen-bond donors (Lipinski definition) is 0. The Balaban J connectivity index is 2.50. The lowest BCUT2D eigenvalue weighted by atomic mass is 9.64. The molecule has 138 valence electrons. The first-order valence-electron chi connectivity index (χ1n) is 7.30. The SMILES string of the molecule is O=C1C(F)=C(C(F)(F)F)[C@](c2ccccc2)(C(F)(F)F)[C@H]2C=CC=CN12. The normalized spacial score (nSPS) is 26.3. The van der Waals surface area contributed by atoms with Crippen LogP contribution in [0.5, 0.6) is 0 Å². The Labute approximate surface area is 142 Å². The minimum atomic E-state index is -5.72. The van der Waals surface area contributed by atoms with Gasteiger partial charge in [-0.1, -0.05) is 42.5 Å². The molecule has 2 heterocycles. The fraction of sp³-hybridized carbons (Fsp3) is 0.235. The van der Waals surface area contributed by atoms with Gasteiger partial charge in [0.1, 0.15) is 5.41 Å². The van der Waals surface area contributed by atoms with Gasteiger partial charge in [0, 0.05) is 6.20 Å². The molecule has 3 rings (SSSR count). The smallest absolute Gasteiger partial charge is 0.305 e. The van der Waals surface area contributed by atoms with Crippen LogP contribution >= 0.6 is 0 Å². The van der Waals surface area contributed by atoms with Crippen molar-refractivity contribution in [3.63, 3.8) is 0 Å². The Morgan fingerprint density at radius 1 is 0.962 bits per heavy atom. The van der Waals surface area contributed by atoms with Gasteiger partial charge < -0.3 is 4.90 Å². The van der Waals surface area contributed by atoms with Crippen molar-refractivity contribution in [1.29, 1.82) is 0 Å². The number of carbonyl (C=O) groups excluding carboxylic acids is 1. The van der Waals surface area contributed by atoms with Gasteiger partial charge >= 0.3 is 12.4 Å². The lowest BCUT2D eigenvalue weighted by Gasteiger charge is -2.49. The minimum absolute atomic E-state index is 0.338. The van der Waals surface area contributed by atoms with Crippen molar-refractivity contribution in [2.45, 2.75) is 23.8 Å². The first-order valence-corrected chi connectivity index (χ1v) is 7.30. The summed E-state index contributed by atoms with van der Waals surface area (Å²) in [5.41, 5.74) is -7.14. The Hall–Kier alpha value is -2.58. The van der Waals surface area contributed by atoms with Gasteiger partial charge in [0.25, 0.3) is 5.91 Å². The molecule has 1 amide bonds. The molecule has 2 atom stereocenters. The third kappa shape index (κ3) is 2.37. The molecular weight excluding hydrogens is 367 g/mol. The maximum Gasteiger partial charge on any atom is 0.417 e. The van der Waals surface area contributed by atoms with Crippen molar-refractivity contribution < 1.29 is 35.5 Å². The van der Waals surface area contributed by atoms with E-state index in [0.29, 0.717) is 4.90 Å². The molecule has 9 heteroatoms. The minimum Gasteiger partial charge on any atom is -0.305 e. The van der Waals surface area contributed by atoms with Crippen LogP contribution in [-0.4, -0.2) is 29.2 Å². The summed E-state index contributed by atoms with van der Waals surface area (Å²) in [7, 11) is 0. The maximum atomic E-state index is 14.4.